The van der Waals surface area contributed by atoms with Crippen LogP contribution in [-0.2, 0) is 0 Å². The number of nitrogens with one attached hydrogen (secondary N) is 1. The lowest BCUT2D eigenvalue weighted by Crippen LogP contribution is -2.51. The van der Waals surface area contributed by atoms with Crippen LogP contribution in [0.3, 0.4) is 0 Å². The Balaban J connectivity index is 1.60. The van der Waals surface area contributed by atoms with Crippen LogP contribution < -0.4 is 10.1 Å². The molecule has 22 heavy (non-hydrogen) atoms. The van der Waals surface area contributed by atoms with Gasteiger partial charge >= 0.3 is 6.03 Å². The second kappa shape index (κ2) is 8.85. The first kappa shape index (κ1) is 16.9. The highest BCUT2D eigenvalue weighted by Gasteiger charge is 2.19. The second-order valence-corrected chi connectivity index (χ2v) is 5.76. The predicted octanol–water partition coefficient (Wildman–Crippen LogP) is 2.39. The maximum Gasteiger partial charge on any atom is 0.317 e. The fourth-order valence-electron chi connectivity index (χ4n) is 2.40. The summed E-state index contributed by atoms with van der Waals surface area (Å²) in [6.07, 6.45) is 0.930. The topological polar surface area (TPSA) is 44.8 Å². The third kappa shape index (κ3) is 5.06. The number of hydrogen-bond donors (Lipinski definition) is 1. The van der Waals surface area contributed by atoms with Gasteiger partial charge in [-0.1, -0.05) is 0 Å². The van der Waals surface area contributed by atoms with Gasteiger partial charge in [0.05, 0.1) is 18.8 Å². The van der Waals surface area contributed by atoms with Crippen molar-refractivity contribution in [2.75, 3.05) is 46.4 Å². The van der Waals surface area contributed by atoms with E-state index in [2.05, 4.69) is 10.2 Å². The molecule has 0 atom stereocenters. The predicted molar refractivity (Wildman–Crippen MR) is 86.0 cm³/mol. The lowest BCUT2D eigenvalue weighted by atomic mass is 10.3. The van der Waals surface area contributed by atoms with Crippen molar-refractivity contribution in [1.29, 1.82) is 0 Å². The number of rotatable bonds is 6. The van der Waals surface area contributed by atoms with Crippen LogP contribution in [0.1, 0.15) is 6.42 Å². The van der Waals surface area contributed by atoms with Crippen molar-refractivity contribution >= 4 is 18.2 Å². The maximum atomic E-state index is 12.3. The van der Waals surface area contributed by atoms with E-state index in [-0.39, 0.29) is 18.2 Å². The summed E-state index contributed by atoms with van der Waals surface area (Å²) in [5, 5.41) is 2.65. The largest absolute Gasteiger partial charge is 0.494 e. The number of ether oxygens (including phenoxy) is 1. The van der Waals surface area contributed by atoms with Crippen LogP contribution in [0.2, 0.25) is 0 Å². The zero-order valence-electron chi connectivity index (χ0n) is 12.8. The van der Waals surface area contributed by atoms with Crippen molar-refractivity contribution in [1.82, 2.24) is 15.1 Å². The molecule has 0 aromatic heterocycles. The number of hydrogen-bond acceptors (Lipinski definition) is 4. The highest BCUT2D eigenvalue weighted by molar-refractivity contribution is 7.94. The molecule has 1 heterocycles. The van der Waals surface area contributed by atoms with Gasteiger partial charge in [-0.05, 0) is 30.7 Å². The Morgan fingerprint density at radius 2 is 1.95 bits per heavy atom. The molecule has 2 amide bonds. The Bertz CT molecular complexity index is 464. The fraction of sp³-hybridized carbons (Fsp3) is 0.533. The molecular weight excluding hydrogens is 305 g/mol. The molecular formula is C15H22FN3O2S. The highest BCUT2D eigenvalue weighted by Crippen LogP contribution is 2.21. The van der Waals surface area contributed by atoms with Crippen LogP contribution in [0.15, 0.2) is 29.2 Å². The molecule has 5 nitrogen and oxygen atoms in total. The molecule has 1 fully saturated rings. The van der Waals surface area contributed by atoms with Gasteiger partial charge in [0.1, 0.15) is 5.75 Å². The molecule has 0 unspecified atom stereocenters. The lowest BCUT2D eigenvalue weighted by Gasteiger charge is -2.34. The van der Waals surface area contributed by atoms with Crippen molar-refractivity contribution < 1.29 is 13.4 Å². The van der Waals surface area contributed by atoms with Crippen LogP contribution in [0.4, 0.5) is 8.68 Å². The van der Waals surface area contributed by atoms with Crippen molar-refractivity contribution in [3.63, 3.8) is 0 Å². The number of benzene rings is 1. The lowest BCUT2D eigenvalue weighted by molar-refractivity contribution is 0.135. The Hall–Kier alpha value is -1.47. The van der Waals surface area contributed by atoms with Crippen molar-refractivity contribution in [3.8, 4) is 5.75 Å². The molecule has 0 spiro atoms. The minimum Gasteiger partial charge on any atom is -0.494 e. The summed E-state index contributed by atoms with van der Waals surface area (Å²) in [7, 11) is 1.66. The average Bonchev–Trinajstić information content (AvgIpc) is 2.59. The summed E-state index contributed by atoms with van der Waals surface area (Å²) in [4.78, 5) is 16.2. The van der Waals surface area contributed by atoms with E-state index >= 15 is 0 Å². The second-order valence-electron chi connectivity index (χ2n) is 5.13. The minimum absolute atomic E-state index is 0.00197. The molecule has 0 saturated carbocycles. The first-order chi connectivity index (χ1) is 10.7. The van der Waals surface area contributed by atoms with Gasteiger partial charge < -0.3 is 15.0 Å². The third-order valence-electron chi connectivity index (χ3n) is 3.67. The molecule has 0 radical (unpaired) electrons. The van der Waals surface area contributed by atoms with Crippen LogP contribution in [0.5, 0.6) is 5.75 Å². The fourth-order valence-corrected chi connectivity index (χ4v) is 2.64. The Morgan fingerprint density at radius 1 is 1.27 bits per heavy atom. The van der Waals surface area contributed by atoms with Gasteiger partial charge in [-0.3, -0.25) is 4.90 Å². The van der Waals surface area contributed by atoms with Crippen LogP contribution >= 0.6 is 12.1 Å². The minimum atomic E-state index is -0.00197. The summed E-state index contributed by atoms with van der Waals surface area (Å²) in [6.45, 7) is 4.93. The zero-order chi connectivity index (χ0) is 15.8. The van der Waals surface area contributed by atoms with Gasteiger partial charge in [-0.2, -0.15) is 3.89 Å². The number of carbonyl (C=O) groups excluding carboxylic acids is 1. The Labute approximate surface area is 135 Å². The van der Waals surface area contributed by atoms with E-state index in [1.54, 1.807) is 31.3 Å². The summed E-state index contributed by atoms with van der Waals surface area (Å²) >= 11 is 0.234. The summed E-state index contributed by atoms with van der Waals surface area (Å²) in [6, 6.07) is 6.97. The summed E-state index contributed by atoms with van der Waals surface area (Å²) in [5.74, 6) is 0.766. The molecule has 122 valence electrons. The Kier molecular flexibility index (Phi) is 6.79. The standard InChI is InChI=1S/C15H22FN3O2S/c1-17-15(20)19-10-8-18(9-11-19)7-2-12-21-13-3-5-14(22-16)6-4-13/h3-6H,2,7-12H2,1H3,(H,17,20). The van der Waals surface area contributed by atoms with Crippen LogP contribution in [0, 0.1) is 0 Å². The monoisotopic (exact) mass is 327 g/mol. The summed E-state index contributed by atoms with van der Waals surface area (Å²) in [5.41, 5.74) is 0. The van der Waals surface area contributed by atoms with E-state index in [9.17, 15) is 8.68 Å². The number of nitrogens with zero attached hydrogens (tertiary/aromatic N) is 2. The molecule has 0 bridgehead atoms. The molecule has 0 aliphatic carbocycles. The van der Waals surface area contributed by atoms with Crippen LogP contribution in [-0.4, -0.2) is 62.2 Å². The van der Waals surface area contributed by atoms with Crippen LogP contribution in [0.25, 0.3) is 0 Å². The smallest absolute Gasteiger partial charge is 0.317 e. The number of amides is 2. The van der Waals surface area contributed by atoms with Gasteiger partial charge in [-0.25, -0.2) is 4.79 Å². The van der Waals surface area contributed by atoms with Crippen molar-refractivity contribution in [2.45, 2.75) is 11.3 Å². The maximum absolute atomic E-state index is 12.3. The number of halogens is 1. The summed E-state index contributed by atoms with van der Waals surface area (Å²) < 4.78 is 18.0. The molecule has 1 aliphatic rings. The molecule has 7 heteroatoms. The van der Waals surface area contributed by atoms with Gasteiger partial charge in [-0.15, -0.1) is 0 Å². The van der Waals surface area contributed by atoms with Crippen molar-refractivity contribution in [3.05, 3.63) is 24.3 Å². The molecule has 1 aromatic rings. The molecule has 1 aliphatic heterocycles. The van der Waals surface area contributed by atoms with E-state index in [1.807, 2.05) is 4.90 Å². The van der Waals surface area contributed by atoms with E-state index in [4.69, 9.17) is 4.74 Å². The van der Waals surface area contributed by atoms with Crippen molar-refractivity contribution in [2.24, 2.45) is 0 Å². The van der Waals surface area contributed by atoms with Gasteiger partial charge in [0, 0.05) is 44.7 Å². The van der Waals surface area contributed by atoms with E-state index < -0.39 is 0 Å². The number of carbonyl (C=O) groups is 1. The van der Waals surface area contributed by atoms with E-state index in [0.29, 0.717) is 11.5 Å². The molecule has 1 aromatic carbocycles. The van der Waals surface area contributed by atoms with Gasteiger partial charge in [0.2, 0.25) is 0 Å². The molecule has 2 rings (SSSR count). The van der Waals surface area contributed by atoms with Gasteiger partial charge in [0.25, 0.3) is 0 Å². The SMILES string of the molecule is CNC(=O)N1CCN(CCCOc2ccc(SF)cc2)CC1. The molecule has 1 N–H and O–H groups in total. The number of piperazine rings is 1. The van der Waals surface area contributed by atoms with Gasteiger partial charge in [0.15, 0.2) is 0 Å². The van der Waals surface area contributed by atoms with E-state index in [1.165, 1.54) is 0 Å². The number of urea groups is 1. The first-order valence-corrected chi connectivity index (χ1v) is 8.15. The highest BCUT2D eigenvalue weighted by atomic mass is 32.2. The zero-order valence-corrected chi connectivity index (χ0v) is 13.6. The molecule has 1 saturated heterocycles. The average molecular weight is 327 g/mol. The normalized spacial score (nSPS) is 15.6. The quantitative estimate of drug-likeness (QED) is 0.815. The third-order valence-corrected chi connectivity index (χ3v) is 4.12. The Morgan fingerprint density at radius 3 is 2.55 bits per heavy atom. The first-order valence-electron chi connectivity index (χ1n) is 7.43. The van der Waals surface area contributed by atoms with E-state index in [0.717, 1.165) is 44.9 Å².